The van der Waals surface area contributed by atoms with Crippen LogP contribution in [0.15, 0.2) is 59.1 Å². The van der Waals surface area contributed by atoms with Gasteiger partial charge in [-0.15, -0.1) is 0 Å². The maximum atomic E-state index is 12.8. The van der Waals surface area contributed by atoms with E-state index in [1.54, 1.807) is 0 Å². The van der Waals surface area contributed by atoms with Crippen LogP contribution in [0.25, 0.3) is 5.76 Å². The summed E-state index contributed by atoms with van der Waals surface area (Å²) in [5.41, 5.74) is 2.17. The van der Waals surface area contributed by atoms with E-state index in [0.717, 1.165) is 17.7 Å². The molecule has 1 unspecified atom stereocenters. The van der Waals surface area contributed by atoms with Gasteiger partial charge in [0.15, 0.2) is 0 Å². The van der Waals surface area contributed by atoms with E-state index in [2.05, 4.69) is 43.3 Å². The Kier molecular flexibility index (Phi) is 5.63. The molecule has 2 aromatic rings. The van der Waals surface area contributed by atoms with Crippen LogP contribution in [0.5, 0.6) is 0 Å². The third-order valence-corrected chi connectivity index (χ3v) is 8.00. The van der Waals surface area contributed by atoms with Crippen molar-refractivity contribution in [3.8, 4) is 0 Å². The van der Waals surface area contributed by atoms with Crippen molar-refractivity contribution in [1.82, 2.24) is 0 Å². The Labute approximate surface area is 149 Å². The Morgan fingerprint density at radius 1 is 1.12 bits per heavy atom. The van der Waals surface area contributed by atoms with Crippen molar-refractivity contribution in [2.24, 2.45) is 0 Å². The van der Waals surface area contributed by atoms with E-state index < -0.39 is 7.60 Å². The summed E-state index contributed by atoms with van der Waals surface area (Å²) in [5.74, 6) is 0.752. The Morgan fingerprint density at radius 2 is 1.83 bits per heavy atom. The fraction of sp³-hybridized carbons (Fsp3) is 0.263. The molecular weight excluding hydrogens is 386 g/mol. The maximum absolute atomic E-state index is 12.8. The molecule has 126 valence electrons. The third-order valence-electron chi connectivity index (χ3n) is 3.72. The number of hydrogen-bond acceptors (Lipinski definition) is 3. The molecule has 1 aliphatic rings. The van der Waals surface area contributed by atoms with Gasteiger partial charge in [0.1, 0.15) is 0 Å². The summed E-state index contributed by atoms with van der Waals surface area (Å²) in [6.07, 6.45) is 1.22. The van der Waals surface area contributed by atoms with E-state index in [-0.39, 0.29) is 15.0 Å². The van der Waals surface area contributed by atoms with Crippen molar-refractivity contribution >= 4 is 32.8 Å². The summed E-state index contributed by atoms with van der Waals surface area (Å²) in [5, 5.41) is 0. The van der Waals surface area contributed by atoms with E-state index in [0.29, 0.717) is 12.8 Å². The number of hydrogen-bond donors (Lipinski definition) is 0. The van der Waals surface area contributed by atoms with Crippen LogP contribution < -0.4 is 4.46 Å². The summed E-state index contributed by atoms with van der Waals surface area (Å²) in [7, 11) is -3.04. The molecular formula is C19H21O3PSe. The molecule has 1 aliphatic heterocycles. The Balaban J connectivity index is 1.98. The topological polar surface area (TPSA) is 35.5 Å². The van der Waals surface area contributed by atoms with E-state index in [1.807, 2.05) is 25.1 Å². The Bertz CT molecular complexity index is 769. The predicted octanol–water partition coefficient (Wildman–Crippen LogP) is 4.34. The molecule has 0 aromatic heterocycles. The van der Waals surface area contributed by atoms with Gasteiger partial charge in [0.2, 0.25) is 0 Å². The van der Waals surface area contributed by atoms with Crippen molar-refractivity contribution in [2.45, 2.75) is 20.3 Å². The second-order valence-electron chi connectivity index (χ2n) is 5.63. The molecule has 1 atom stereocenters. The van der Waals surface area contributed by atoms with Gasteiger partial charge in [-0.2, -0.15) is 0 Å². The van der Waals surface area contributed by atoms with Gasteiger partial charge < -0.3 is 0 Å². The molecule has 0 radical (unpaired) electrons. The zero-order valence-electron chi connectivity index (χ0n) is 13.9. The predicted molar refractivity (Wildman–Crippen MR) is 99.7 cm³/mol. The average molecular weight is 407 g/mol. The second kappa shape index (κ2) is 7.72. The van der Waals surface area contributed by atoms with Gasteiger partial charge in [-0.1, -0.05) is 0 Å². The molecule has 2 aromatic carbocycles. The summed E-state index contributed by atoms with van der Waals surface area (Å²) in [4.78, 5) is 0. The molecule has 0 spiro atoms. The molecule has 5 heteroatoms. The molecule has 0 bridgehead atoms. The fourth-order valence-corrected chi connectivity index (χ4v) is 6.83. The van der Waals surface area contributed by atoms with Crippen molar-refractivity contribution in [1.29, 1.82) is 0 Å². The van der Waals surface area contributed by atoms with Crippen LogP contribution in [-0.4, -0.2) is 27.7 Å². The quantitative estimate of drug-likeness (QED) is 0.546. The van der Waals surface area contributed by atoms with Crippen LogP contribution in [0.4, 0.5) is 0 Å². The van der Waals surface area contributed by atoms with Crippen molar-refractivity contribution in [2.75, 3.05) is 12.8 Å². The summed E-state index contributed by atoms with van der Waals surface area (Å²) >= 11 is 0.152. The fourth-order valence-electron chi connectivity index (χ4n) is 2.52. The van der Waals surface area contributed by atoms with Gasteiger partial charge in [-0.05, 0) is 0 Å². The molecule has 3 nitrogen and oxygen atoms in total. The SMILES string of the molecule is CCOP1(=O)CCC([Se]c2ccccc2)=C(c2ccc(C)cc2)O1. The van der Waals surface area contributed by atoms with Crippen LogP contribution in [0.2, 0.25) is 0 Å². The first kappa shape index (κ1) is 17.5. The van der Waals surface area contributed by atoms with E-state index in [9.17, 15) is 4.57 Å². The van der Waals surface area contributed by atoms with Gasteiger partial charge >= 0.3 is 150 Å². The van der Waals surface area contributed by atoms with Gasteiger partial charge in [0.25, 0.3) is 0 Å². The summed E-state index contributed by atoms with van der Waals surface area (Å²) in [6.45, 7) is 4.30. The second-order valence-corrected chi connectivity index (χ2v) is 10.2. The molecule has 0 aliphatic carbocycles. The number of rotatable bonds is 5. The monoisotopic (exact) mass is 408 g/mol. The van der Waals surface area contributed by atoms with Crippen LogP contribution >= 0.6 is 7.60 Å². The van der Waals surface area contributed by atoms with E-state index >= 15 is 0 Å². The van der Waals surface area contributed by atoms with Crippen LogP contribution in [0.1, 0.15) is 24.5 Å². The van der Waals surface area contributed by atoms with Crippen molar-refractivity contribution < 1.29 is 13.6 Å². The Morgan fingerprint density at radius 3 is 2.50 bits per heavy atom. The minimum absolute atomic E-state index is 0.152. The molecule has 0 N–H and O–H groups in total. The van der Waals surface area contributed by atoms with Crippen molar-refractivity contribution in [3.63, 3.8) is 0 Å². The first-order chi connectivity index (χ1) is 11.6. The van der Waals surface area contributed by atoms with Crippen molar-refractivity contribution in [3.05, 3.63) is 70.2 Å². The standard InChI is InChI=1S/C19H21O3PSe/c1-3-21-23(20)14-13-18(24-17-7-5-4-6-8-17)19(22-23)16-11-9-15(2)10-12-16/h4-12H,3,13-14H2,1-2H3. The molecule has 0 saturated carbocycles. The molecule has 1 heterocycles. The molecule has 3 rings (SSSR count). The van der Waals surface area contributed by atoms with Crippen LogP contribution in [0, 0.1) is 6.92 Å². The van der Waals surface area contributed by atoms with Gasteiger partial charge in [-0.3, -0.25) is 0 Å². The Hall–Kier alpha value is -1.31. The van der Waals surface area contributed by atoms with Crippen LogP contribution in [-0.2, 0) is 13.6 Å². The number of aryl methyl sites for hydroxylation is 1. The van der Waals surface area contributed by atoms with Gasteiger partial charge in [0.05, 0.1) is 0 Å². The summed E-state index contributed by atoms with van der Waals surface area (Å²) < 4.78 is 26.7. The molecule has 0 saturated heterocycles. The molecule has 0 fully saturated rings. The molecule has 24 heavy (non-hydrogen) atoms. The molecule has 0 amide bonds. The minimum atomic E-state index is -3.04. The third kappa shape index (κ3) is 4.20. The summed E-state index contributed by atoms with van der Waals surface area (Å²) in [6, 6.07) is 18.6. The van der Waals surface area contributed by atoms with E-state index in [4.69, 9.17) is 9.05 Å². The van der Waals surface area contributed by atoms with Crippen LogP contribution in [0.3, 0.4) is 0 Å². The zero-order valence-corrected chi connectivity index (χ0v) is 16.5. The van der Waals surface area contributed by atoms with Gasteiger partial charge in [-0.25, -0.2) is 0 Å². The normalized spacial score (nSPS) is 20.8. The first-order valence-electron chi connectivity index (χ1n) is 8.06. The zero-order chi connectivity index (χ0) is 17.0. The number of benzene rings is 2. The average Bonchev–Trinajstić information content (AvgIpc) is 2.59. The van der Waals surface area contributed by atoms with Gasteiger partial charge in [0, 0.05) is 0 Å². The first-order valence-corrected chi connectivity index (χ1v) is 11.5. The number of allylic oxidation sites excluding steroid dienone is 1. The van der Waals surface area contributed by atoms with E-state index in [1.165, 1.54) is 14.5 Å².